The Hall–Kier alpha value is -2.60. The van der Waals surface area contributed by atoms with Crippen molar-refractivity contribution in [3.8, 4) is 11.4 Å². The maximum atomic E-state index is 4.53. The second kappa shape index (κ2) is 5.99. The van der Waals surface area contributed by atoms with E-state index >= 15 is 0 Å². The Morgan fingerprint density at radius 2 is 1.50 bits per heavy atom. The molecule has 4 heteroatoms. The minimum Gasteiger partial charge on any atom is -0.309 e. The van der Waals surface area contributed by atoms with Crippen molar-refractivity contribution in [3.63, 3.8) is 0 Å². The van der Waals surface area contributed by atoms with Crippen LogP contribution in [0, 0.1) is 10.8 Å². The van der Waals surface area contributed by atoms with Gasteiger partial charge in [0.2, 0.25) is 0 Å². The Balaban J connectivity index is 1.85. The van der Waals surface area contributed by atoms with E-state index in [-0.39, 0.29) is 0 Å². The number of para-hydroxylation sites is 2. The van der Waals surface area contributed by atoms with Crippen LogP contribution in [0.2, 0.25) is 0 Å². The monoisotopic (exact) mass is 449 g/mol. The molecule has 0 aliphatic carbocycles. The summed E-state index contributed by atoms with van der Waals surface area (Å²) in [5, 5.41) is 2.52. The topological polar surface area (TPSA) is 22.8 Å². The molecule has 2 heterocycles. The van der Waals surface area contributed by atoms with Crippen LogP contribution in [0.5, 0.6) is 0 Å². The van der Waals surface area contributed by atoms with E-state index in [1.807, 2.05) is 6.92 Å². The fourth-order valence-electron chi connectivity index (χ4n) is 3.62. The lowest BCUT2D eigenvalue weighted by Crippen LogP contribution is -1.96. The maximum Gasteiger partial charge on any atom is 0.176 e. The highest BCUT2D eigenvalue weighted by Gasteiger charge is 2.13. The zero-order chi connectivity index (χ0) is 17.7. The van der Waals surface area contributed by atoms with Gasteiger partial charge in [-0.1, -0.05) is 36.4 Å². The molecule has 0 spiro atoms. The number of halogens is 1. The summed E-state index contributed by atoms with van der Waals surface area (Å²) in [4.78, 5) is 4.53. The van der Waals surface area contributed by atoms with Gasteiger partial charge in [0, 0.05) is 50.9 Å². The van der Waals surface area contributed by atoms with Crippen LogP contribution in [0.15, 0.2) is 79.0 Å². The molecule has 0 N–H and O–H groups in total. The molecule has 0 unspecified atom stereocenters. The van der Waals surface area contributed by atoms with Crippen LogP contribution in [-0.4, -0.2) is 14.1 Å². The maximum absolute atomic E-state index is 4.53. The van der Waals surface area contributed by atoms with Crippen LogP contribution in [0.3, 0.4) is 0 Å². The summed E-state index contributed by atoms with van der Waals surface area (Å²) >= 11 is 2.29. The summed E-state index contributed by atoms with van der Waals surface area (Å²) in [5.74, 6) is 0. The molecule has 0 saturated carbocycles. The first kappa shape index (κ1) is 15.6. The first-order chi connectivity index (χ1) is 12.7. The van der Waals surface area contributed by atoms with Crippen molar-refractivity contribution >= 4 is 44.4 Å². The van der Waals surface area contributed by atoms with Crippen LogP contribution in [0.4, 0.5) is 0 Å². The quantitative estimate of drug-likeness (QED) is 0.309. The molecule has 5 rings (SSSR count). The van der Waals surface area contributed by atoms with E-state index < -0.39 is 0 Å². The molecule has 0 atom stereocenters. The third-order valence-corrected chi connectivity index (χ3v) is 5.49. The summed E-state index contributed by atoms with van der Waals surface area (Å²) in [6, 6.07) is 25.8. The molecule has 0 amide bonds. The minimum absolute atomic E-state index is 0.978. The first-order valence-corrected chi connectivity index (χ1v) is 9.61. The Kier molecular flexibility index (Phi) is 3.60. The molecule has 0 fully saturated rings. The summed E-state index contributed by atoms with van der Waals surface area (Å²) in [5.41, 5.74) is 5.79. The van der Waals surface area contributed by atoms with Crippen molar-refractivity contribution in [1.29, 1.82) is 0 Å². The van der Waals surface area contributed by atoms with Gasteiger partial charge in [0.15, 0.2) is 3.83 Å². The van der Waals surface area contributed by atoms with E-state index in [0.29, 0.717) is 0 Å². The number of hydrogen-bond acceptors (Lipinski definition) is 1. The fraction of sp³-hybridized carbons (Fsp3) is 0.0455. The van der Waals surface area contributed by atoms with Gasteiger partial charge in [0.05, 0.1) is 16.7 Å². The van der Waals surface area contributed by atoms with Gasteiger partial charge in [-0.05, 0) is 43.3 Å². The number of fused-ring (bicyclic) bond motifs is 3. The van der Waals surface area contributed by atoms with Crippen molar-refractivity contribution in [2.24, 2.45) is 0 Å². The lowest BCUT2D eigenvalue weighted by molar-refractivity contribution is 1.01. The second-order valence-corrected chi connectivity index (χ2v) is 7.38. The molecule has 0 bridgehead atoms. The van der Waals surface area contributed by atoms with E-state index in [0.717, 1.165) is 15.2 Å². The third-order valence-electron chi connectivity index (χ3n) is 4.73. The predicted octanol–water partition coefficient (Wildman–Crippen LogP) is 5.88. The molecule has 2 aromatic heterocycles. The molecule has 5 aromatic rings. The van der Waals surface area contributed by atoms with Gasteiger partial charge >= 0.3 is 0 Å². The van der Waals surface area contributed by atoms with Gasteiger partial charge in [0.25, 0.3) is 0 Å². The minimum atomic E-state index is 0.978. The normalized spacial score (nSPS) is 11.5. The number of nitrogens with zero attached hydrogens (tertiary/aromatic N) is 3. The average molecular weight is 449 g/mol. The zero-order valence-electron chi connectivity index (χ0n) is 14.2. The third kappa shape index (κ3) is 2.36. The molecule has 0 radical (unpaired) electrons. The highest BCUT2D eigenvalue weighted by molar-refractivity contribution is 14.1. The van der Waals surface area contributed by atoms with Gasteiger partial charge in [-0.2, -0.15) is 0 Å². The van der Waals surface area contributed by atoms with Crippen molar-refractivity contribution in [1.82, 2.24) is 14.1 Å². The van der Waals surface area contributed by atoms with Crippen LogP contribution in [-0.2, 0) is 0 Å². The van der Waals surface area contributed by atoms with Crippen LogP contribution in [0.1, 0.15) is 5.69 Å². The summed E-state index contributed by atoms with van der Waals surface area (Å²) < 4.78 is 5.45. The van der Waals surface area contributed by atoms with E-state index in [1.165, 1.54) is 27.5 Å². The van der Waals surface area contributed by atoms with Crippen LogP contribution >= 0.6 is 22.6 Å². The lowest BCUT2D eigenvalue weighted by Gasteiger charge is -2.08. The van der Waals surface area contributed by atoms with E-state index in [1.54, 1.807) is 0 Å². The molecular formula is C22H16IN3. The SMILES string of the molecule is Cc1cn(-c2ccc3c(c2)c2ccccc2n3-c2ccccc2)c(I)n1. The lowest BCUT2D eigenvalue weighted by atomic mass is 10.1. The summed E-state index contributed by atoms with van der Waals surface area (Å²) in [6.07, 6.45) is 2.08. The second-order valence-electron chi connectivity index (χ2n) is 6.41. The summed E-state index contributed by atoms with van der Waals surface area (Å²) in [6.45, 7) is 2.03. The van der Waals surface area contributed by atoms with Gasteiger partial charge in [-0.25, -0.2) is 4.98 Å². The average Bonchev–Trinajstić information content (AvgIpc) is 3.18. The van der Waals surface area contributed by atoms with Gasteiger partial charge in [-0.15, -0.1) is 0 Å². The largest absolute Gasteiger partial charge is 0.309 e. The first-order valence-electron chi connectivity index (χ1n) is 8.53. The van der Waals surface area contributed by atoms with Gasteiger partial charge in [-0.3, -0.25) is 4.57 Å². The van der Waals surface area contributed by atoms with Crippen LogP contribution in [0.25, 0.3) is 33.2 Å². The van der Waals surface area contributed by atoms with Crippen molar-refractivity contribution in [2.45, 2.75) is 6.92 Å². The molecule has 3 aromatic carbocycles. The van der Waals surface area contributed by atoms with Crippen molar-refractivity contribution < 1.29 is 0 Å². The van der Waals surface area contributed by atoms with Crippen molar-refractivity contribution in [2.75, 3.05) is 0 Å². The number of aromatic nitrogens is 3. The van der Waals surface area contributed by atoms with Crippen molar-refractivity contribution in [3.05, 3.63) is 88.5 Å². The molecule has 0 saturated heterocycles. The molecule has 0 aliphatic heterocycles. The Labute approximate surface area is 165 Å². The molecular weight excluding hydrogens is 433 g/mol. The Morgan fingerprint density at radius 3 is 2.27 bits per heavy atom. The van der Waals surface area contributed by atoms with E-state index in [2.05, 4.69) is 116 Å². The Morgan fingerprint density at radius 1 is 0.769 bits per heavy atom. The summed E-state index contributed by atoms with van der Waals surface area (Å²) in [7, 11) is 0. The molecule has 126 valence electrons. The predicted molar refractivity (Wildman–Crippen MR) is 115 cm³/mol. The number of benzene rings is 3. The number of imidazole rings is 1. The number of hydrogen-bond donors (Lipinski definition) is 0. The van der Waals surface area contributed by atoms with Crippen LogP contribution < -0.4 is 0 Å². The van der Waals surface area contributed by atoms with Gasteiger partial charge < -0.3 is 4.57 Å². The standard InChI is InChI=1S/C22H16IN3/c1-15-14-25(22(23)24-15)17-11-12-21-19(13-17)18-9-5-6-10-20(18)26(21)16-7-3-2-4-8-16/h2-14H,1H3. The van der Waals surface area contributed by atoms with E-state index in [4.69, 9.17) is 0 Å². The molecule has 0 aliphatic rings. The fourth-order valence-corrected chi connectivity index (χ4v) is 4.41. The van der Waals surface area contributed by atoms with Gasteiger partial charge in [0.1, 0.15) is 0 Å². The zero-order valence-corrected chi connectivity index (χ0v) is 16.4. The molecule has 26 heavy (non-hydrogen) atoms. The number of aryl methyl sites for hydroxylation is 1. The number of rotatable bonds is 2. The Bertz CT molecular complexity index is 1250. The smallest absolute Gasteiger partial charge is 0.176 e. The highest BCUT2D eigenvalue weighted by atomic mass is 127. The molecule has 3 nitrogen and oxygen atoms in total. The highest BCUT2D eigenvalue weighted by Crippen LogP contribution is 2.33. The van der Waals surface area contributed by atoms with E-state index in [9.17, 15) is 0 Å².